The van der Waals surface area contributed by atoms with Crippen molar-refractivity contribution in [2.45, 2.75) is 32.1 Å². The van der Waals surface area contributed by atoms with E-state index in [-0.39, 0.29) is 12.4 Å². The topological polar surface area (TPSA) is 84.8 Å². The Morgan fingerprint density at radius 1 is 0.742 bits per heavy atom. The second-order valence-electron chi connectivity index (χ2n) is 7.75. The maximum absolute atomic E-state index is 10.3. The zero-order valence-electron chi connectivity index (χ0n) is 17.8. The van der Waals surface area contributed by atoms with Crippen LogP contribution in [0.3, 0.4) is 0 Å². The Morgan fingerprint density at radius 3 is 2.10 bits per heavy atom. The van der Waals surface area contributed by atoms with Crippen LogP contribution in [0.1, 0.15) is 33.9 Å². The summed E-state index contributed by atoms with van der Waals surface area (Å²) in [4.78, 5) is 0. The zero-order valence-corrected chi connectivity index (χ0v) is 17.8. The molecule has 1 atom stereocenters. The van der Waals surface area contributed by atoms with Crippen LogP contribution in [0.25, 0.3) is 0 Å². The van der Waals surface area contributed by atoms with Gasteiger partial charge in [0, 0.05) is 18.7 Å². The van der Waals surface area contributed by atoms with Crippen molar-refractivity contribution >= 4 is 0 Å². The van der Waals surface area contributed by atoms with Gasteiger partial charge in [-0.3, -0.25) is 0 Å². The minimum atomic E-state index is -0.685. The predicted molar refractivity (Wildman–Crippen MR) is 124 cm³/mol. The highest BCUT2D eigenvalue weighted by molar-refractivity contribution is 5.36. The lowest BCUT2D eigenvalue weighted by Crippen LogP contribution is -2.23. The first-order chi connectivity index (χ1) is 15.2. The standard InChI is InChI=1S/C26H32N2O3/c29-19-24-16-23(10-11-25(24)30)26(31)18-28-15-13-21-6-8-22(9-7-21)17-27-14-12-20-4-2-1-3-5-20/h1-11,16,26-31H,12-15,17-19H2/t26-/m0/s1. The van der Waals surface area contributed by atoms with E-state index >= 15 is 0 Å². The molecule has 3 aromatic rings. The summed E-state index contributed by atoms with van der Waals surface area (Å²) in [6.07, 6.45) is 1.23. The number of aromatic hydroxyl groups is 1. The lowest BCUT2D eigenvalue weighted by atomic mass is 10.1. The molecule has 0 fully saturated rings. The maximum atomic E-state index is 10.3. The molecule has 3 aromatic carbocycles. The van der Waals surface area contributed by atoms with Crippen molar-refractivity contribution in [2.75, 3.05) is 19.6 Å². The van der Waals surface area contributed by atoms with Crippen LogP contribution in [0.5, 0.6) is 5.75 Å². The Kier molecular flexibility index (Phi) is 9.06. The molecule has 5 nitrogen and oxygen atoms in total. The Bertz CT molecular complexity index is 914. The summed E-state index contributed by atoms with van der Waals surface area (Å²) in [5, 5.41) is 35.9. The number of nitrogens with one attached hydrogen (secondary N) is 2. The van der Waals surface area contributed by atoms with Gasteiger partial charge in [0.2, 0.25) is 0 Å². The second-order valence-corrected chi connectivity index (χ2v) is 7.75. The molecule has 0 bridgehead atoms. The van der Waals surface area contributed by atoms with Gasteiger partial charge in [-0.2, -0.15) is 0 Å². The lowest BCUT2D eigenvalue weighted by Gasteiger charge is -2.14. The molecule has 0 aromatic heterocycles. The highest BCUT2D eigenvalue weighted by Gasteiger charge is 2.10. The summed E-state index contributed by atoms with van der Waals surface area (Å²) < 4.78 is 0. The van der Waals surface area contributed by atoms with Crippen LogP contribution < -0.4 is 10.6 Å². The molecule has 0 saturated heterocycles. The summed E-state index contributed by atoms with van der Waals surface area (Å²) >= 11 is 0. The number of aliphatic hydroxyl groups is 2. The van der Waals surface area contributed by atoms with Crippen molar-refractivity contribution in [3.8, 4) is 5.75 Å². The summed E-state index contributed by atoms with van der Waals surface area (Å²) in [5.41, 5.74) is 4.97. The van der Waals surface area contributed by atoms with Gasteiger partial charge in [0.1, 0.15) is 5.75 Å². The highest BCUT2D eigenvalue weighted by atomic mass is 16.3. The molecule has 0 heterocycles. The van der Waals surface area contributed by atoms with Gasteiger partial charge in [0.05, 0.1) is 12.7 Å². The molecule has 164 valence electrons. The van der Waals surface area contributed by atoms with Crippen LogP contribution in [0, 0.1) is 0 Å². The average molecular weight is 421 g/mol. The SMILES string of the molecule is OCc1cc([C@@H](O)CNCCc2ccc(CNCCc3ccccc3)cc2)ccc1O. The van der Waals surface area contributed by atoms with Crippen LogP contribution in [-0.4, -0.2) is 35.0 Å². The summed E-state index contributed by atoms with van der Waals surface area (Å²) in [5.74, 6) is 0.0428. The monoisotopic (exact) mass is 420 g/mol. The third kappa shape index (κ3) is 7.49. The van der Waals surface area contributed by atoms with Crippen molar-refractivity contribution in [1.82, 2.24) is 10.6 Å². The van der Waals surface area contributed by atoms with E-state index < -0.39 is 6.10 Å². The Hall–Kier alpha value is -2.70. The average Bonchev–Trinajstić information content (AvgIpc) is 2.81. The van der Waals surface area contributed by atoms with Crippen LogP contribution >= 0.6 is 0 Å². The van der Waals surface area contributed by atoms with Crippen LogP contribution in [0.2, 0.25) is 0 Å². The van der Waals surface area contributed by atoms with Gasteiger partial charge in [-0.25, -0.2) is 0 Å². The molecule has 0 amide bonds. The van der Waals surface area contributed by atoms with Crippen molar-refractivity contribution in [3.05, 3.63) is 101 Å². The van der Waals surface area contributed by atoms with E-state index in [1.54, 1.807) is 12.1 Å². The van der Waals surface area contributed by atoms with E-state index in [1.807, 2.05) is 6.07 Å². The molecule has 0 aliphatic carbocycles. The molecule has 5 N–H and O–H groups in total. The summed E-state index contributed by atoms with van der Waals surface area (Å²) in [7, 11) is 0. The largest absolute Gasteiger partial charge is 0.508 e. The minimum Gasteiger partial charge on any atom is -0.508 e. The molecule has 0 saturated carbocycles. The molecule has 0 aliphatic rings. The molecular formula is C26H32N2O3. The Morgan fingerprint density at radius 2 is 1.39 bits per heavy atom. The van der Waals surface area contributed by atoms with Crippen molar-refractivity contribution in [3.63, 3.8) is 0 Å². The van der Waals surface area contributed by atoms with Crippen LogP contribution in [0.4, 0.5) is 0 Å². The van der Waals surface area contributed by atoms with Gasteiger partial charge < -0.3 is 26.0 Å². The van der Waals surface area contributed by atoms with Crippen LogP contribution in [0.15, 0.2) is 72.8 Å². The van der Waals surface area contributed by atoms with Gasteiger partial charge in [-0.05, 0) is 60.3 Å². The fourth-order valence-corrected chi connectivity index (χ4v) is 3.46. The maximum Gasteiger partial charge on any atom is 0.121 e. The molecular weight excluding hydrogens is 388 g/mol. The summed E-state index contributed by atoms with van der Waals surface area (Å²) in [6, 6.07) is 23.9. The molecule has 0 radical (unpaired) electrons. The number of aliphatic hydroxyl groups excluding tert-OH is 2. The van der Waals surface area contributed by atoms with Crippen LogP contribution in [-0.2, 0) is 26.0 Å². The van der Waals surface area contributed by atoms with Gasteiger partial charge >= 0.3 is 0 Å². The normalized spacial score (nSPS) is 12.1. The van der Waals surface area contributed by atoms with Gasteiger partial charge in [0.25, 0.3) is 0 Å². The third-order valence-corrected chi connectivity index (χ3v) is 5.37. The first kappa shape index (κ1) is 23.0. The number of hydrogen-bond acceptors (Lipinski definition) is 5. The smallest absolute Gasteiger partial charge is 0.121 e. The Balaban J connectivity index is 1.33. The molecule has 0 unspecified atom stereocenters. The molecule has 5 heteroatoms. The first-order valence-corrected chi connectivity index (χ1v) is 10.8. The predicted octanol–water partition coefficient (Wildman–Crippen LogP) is 3.08. The van der Waals surface area contributed by atoms with Crippen molar-refractivity contribution in [2.24, 2.45) is 0 Å². The van der Waals surface area contributed by atoms with E-state index in [2.05, 4.69) is 59.2 Å². The highest BCUT2D eigenvalue weighted by Crippen LogP contribution is 2.22. The minimum absolute atomic E-state index is 0.0428. The third-order valence-electron chi connectivity index (χ3n) is 5.37. The molecule has 3 rings (SSSR count). The second kappa shape index (κ2) is 12.2. The number of benzene rings is 3. The molecule has 0 spiro atoms. The van der Waals surface area contributed by atoms with E-state index in [9.17, 15) is 15.3 Å². The molecule has 31 heavy (non-hydrogen) atoms. The fraction of sp³-hybridized carbons (Fsp3) is 0.308. The van der Waals surface area contributed by atoms with Gasteiger partial charge in [-0.15, -0.1) is 0 Å². The van der Waals surface area contributed by atoms with Gasteiger partial charge in [0.15, 0.2) is 0 Å². The lowest BCUT2D eigenvalue weighted by molar-refractivity contribution is 0.174. The van der Waals surface area contributed by atoms with E-state index in [0.29, 0.717) is 17.7 Å². The fourth-order valence-electron chi connectivity index (χ4n) is 3.46. The van der Waals surface area contributed by atoms with Gasteiger partial charge in [-0.1, -0.05) is 60.7 Å². The van der Waals surface area contributed by atoms with Crippen molar-refractivity contribution in [1.29, 1.82) is 0 Å². The van der Waals surface area contributed by atoms with E-state index in [4.69, 9.17) is 0 Å². The summed E-state index contributed by atoms with van der Waals surface area (Å²) in [6.45, 7) is 2.74. The number of hydrogen-bond donors (Lipinski definition) is 5. The van der Waals surface area contributed by atoms with E-state index in [1.165, 1.54) is 22.8 Å². The quantitative estimate of drug-likeness (QED) is 0.291. The number of rotatable bonds is 12. The number of phenols is 1. The van der Waals surface area contributed by atoms with Crippen molar-refractivity contribution < 1.29 is 15.3 Å². The first-order valence-electron chi connectivity index (χ1n) is 10.8. The molecule has 0 aliphatic heterocycles. The van der Waals surface area contributed by atoms with E-state index in [0.717, 1.165) is 32.5 Å². The zero-order chi connectivity index (χ0) is 21.9. The Labute approximate surface area is 184 Å².